The van der Waals surface area contributed by atoms with Gasteiger partial charge in [0.15, 0.2) is 0 Å². The number of carbonyl (C=O) groups excluding carboxylic acids is 1. The number of rotatable bonds is 5. The maximum Gasteiger partial charge on any atom is 0.257 e. The molecule has 1 aliphatic rings. The number of aliphatic hydroxyl groups is 1. The third-order valence-corrected chi connectivity index (χ3v) is 4.56. The van der Waals surface area contributed by atoms with Crippen LogP contribution in [0.25, 0.3) is 0 Å². The van der Waals surface area contributed by atoms with Gasteiger partial charge in [0.2, 0.25) is 0 Å². The summed E-state index contributed by atoms with van der Waals surface area (Å²) < 4.78 is 0. The van der Waals surface area contributed by atoms with Gasteiger partial charge in [-0.15, -0.1) is 0 Å². The summed E-state index contributed by atoms with van der Waals surface area (Å²) in [6.07, 6.45) is 3.91. The molecule has 1 N–H and O–H groups in total. The molecule has 132 valence electrons. The van der Waals surface area contributed by atoms with Crippen molar-refractivity contribution in [3.05, 3.63) is 59.7 Å². The van der Waals surface area contributed by atoms with E-state index in [0.717, 1.165) is 25.3 Å². The summed E-state index contributed by atoms with van der Waals surface area (Å²) in [5.41, 5.74) is 1.72. The number of nitrogens with zero attached hydrogens (tertiary/aromatic N) is 4. The van der Waals surface area contributed by atoms with E-state index in [1.807, 2.05) is 25.1 Å². The molecule has 0 unspecified atom stereocenters. The molecule has 1 aromatic carbocycles. The second-order valence-corrected chi connectivity index (χ2v) is 6.30. The van der Waals surface area contributed by atoms with E-state index in [1.165, 1.54) is 5.56 Å². The summed E-state index contributed by atoms with van der Waals surface area (Å²) >= 11 is 0. The molecule has 0 aliphatic carbocycles. The van der Waals surface area contributed by atoms with Crippen LogP contribution in [-0.2, 0) is 13.0 Å². The summed E-state index contributed by atoms with van der Waals surface area (Å²) in [6.45, 7) is 4.78. The third-order valence-electron chi connectivity index (χ3n) is 4.56. The van der Waals surface area contributed by atoms with Crippen LogP contribution >= 0.6 is 0 Å². The largest absolute Gasteiger partial charge is 0.394 e. The number of hydrogen-bond donors (Lipinski definition) is 1. The van der Waals surface area contributed by atoms with Crippen LogP contribution in [0.4, 0.5) is 0 Å². The topological polar surface area (TPSA) is 69.6 Å². The fourth-order valence-electron chi connectivity index (χ4n) is 3.14. The number of aliphatic hydroxyl groups excluding tert-OH is 1. The molecule has 0 bridgehead atoms. The van der Waals surface area contributed by atoms with Gasteiger partial charge >= 0.3 is 0 Å². The van der Waals surface area contributed by atoms with Crippen LogP contribution in [0.2, 0.25) is 0 Å². The zero-order chi connectivity index (χ0) is 17.6. The molecule has 1 amide bonds. The molecular formula is C19H24N4O2. The third kappa shape index (κ3) is 4.21. The molecule has 2 heterocycles. The first kappa shape index (κ1) is 17.5. The van der Waals surface area contributed by atoms with Gasteiger partial charge in [-0.1, -0.05) is 37.3 Å². The lowest BCUT2D eigenvalue weighted by molar-refractivity contribution is 0.0281. The summed E-state index contributed by atoms with van der Waals surface area (Å²) in [6, 6.07) is 10.0. The molecule has 0 saturated carbocycles. The van der Waals surface area contributed by atoms with Gasteiger partial charge in [-0.25, -0.2) is 9.97 Å². The molecule has 0 spiro atoms. The predicted octanol–water partition coefficient (Wildman–Crippen LogP) is 1.36. The van der Waals surface area contributed by atoms with Crippen LogP contribution in [0.15, 0.2) is 42.7 Å². The highest BCUT2D eigenvalue weighted by Gasteiger charge is 2.30. The number of benzene rings is 1. The Hall–Kier alpha value is -2.31. The van der Waals surface area contributed by atoms with Crippen molar-refractivity contribution in [1.29, 1.82) is 0 Å². The van der Waals surface area contributed by atoms with Crippen molar-refractivity contribution in [2.45, 2.75) is 25.9 Å². The van der Waals surface area contributed by atoms with E-state index in [0.29, 0.717) is 18.7 Å². The molecule has 1 atom stereocenters. The number of amides is 1. The Kier molecular flexibility index (Phi) is 5.73. The predicted molar refractivity (Wildman–Crippen MR) is 95.0 cm³/mol. The quantitative estimate of drug-likeness (QED) is 0.890. The minimum atomic E-state index is -0.212. The lowest BCUT2D eigenvalue weighted by Gasteiger charge is -2.40. The number of carbonyl (C=O) groups is 1. The molecule has 1 aromatic heterocycles. The van der Waals surface area contributed by atoms with Gasteiger partial charge in [-0.05, 0) is 5.56 Å². The van der Waals surface area contributed by atoms with Gasteiger partial charge in [0.25, 0.3) is 5.91 Å². The monoisotopic (exact) mass is 340 g/mol. The van der Waals surface area contributed by atoms with E-state index < -0.39 is 0 Å². The van der Waals surface area contributed by atoms with Crippen molar-refractivity contribution < 1.29 is 9.90 Å². The van der Waals surface area contributed by atoms with E-state index in [4.69, 9.17) is 0 Å². The van der Waals surface area contributed by atoms with Crippen molar-refractivity contribution in [2.75, 3.05) is 26.2 Å². The number of piperazine rings is 1. The number of aryl methyl sites for hydroxylation is 1. The first-order valence-corrected chi connectivity index (χ1v) is 8.70. The van der Waals surface area contributed by atoms with Crippen molar-refractivity contribution in [3.63, 3.8) is 0 Å². The second kappa shape index (κ2) is 8.18. The summed E-state index contributed by atoms with van der Waals surface area (Å²) in [4.78, 5) is 25.2. The summed E-state index contributed by atoms with van der Waals surface area (Å²) in [5.74, 6) is 0.615. The number of hydrogen-bond acceptors (Lipinski definition) is 5. The first-order chi connectivity index (χ1) is 12.2. The molecule has 6 nitrogen and oxygen atoms in total. The Morgan fingerprint density at radius 1 is 1.20 bits per heavy atom. The molecule has 1 saturated heterocycles. The molecule has 3 rings (SSSR count). The Morgan fingerprint density at radius 2 is 1.92 bits per heavy atom. The molecule has 2 aromatic rings. The zero-order valence-corrected chi connectivity index (χ0v) is 14.5. The van der Waals surface area contributed by atoms with E-state index >= 15 is 0 Å². The highest BCUT2D eigenvalue weighted by atomic mass is 16.3. The van der Waals surface area contributed by atoms with Gasteiger partial charge in [-0.2, -0.15) is 0 Å². The van der Waals surface area contributed by atoms with Gasteiger partial charge in [0.05, 0.1) is 18.2 Å². The smallest absolute Gasteiger partial charge is 0.257 e. The molecular weight excluding hydrogens is 316 g/mol. The van der Waals surface area contributed by atoms with E-state index in [-0.39, 0.29) is 18.6 Å². The highest BCUT2D eigenvalue weighted by molar-refractivity contribution is 5.94. The molecule has 6 heteroatoms. The summed E-state index contributed by atoms with van der Waals surface area (Å²) in [7, 11) is 0. The van der Waals surface area contributed by atoms with Gasteiger partial charge in [0, 0.05) is 45.0 Å². The van der Waals surface area contributed by atoms with E-state index in [1.54, 1.807) is 17.3 Å². The van der Waals surface area contributed by atoms with Gasteiger partial charge in [0.1, 0.15) is 5.82 Å². The maximum absolute atomic E-state index is 12.7. The van der Waals surface area contributed by atoms with Crippen LogP contribution in [-0.4, -0.2) is 63.1 Å². The van der Waals surface area contributed by atoms with Crippen molar-refractivity contribution in [3.8, 4) is 0 Å². The van der Waals surface area contributed by atoms with Gasteiger partial charge in [-0.3, -0.25) is 9.69 Å². The fourth-order valence-corrected chi connectivity index (χ4v) is 3.14. The molecule has 1 fully saturated rings. The van der Waals surface area contributed by atoms with Crippen LogP contribution in [0, 0.1) is 0 Å². The zero-order valence-electron chi connectivity index (χ0n) is 14.5. The van der Waals surface area contributed by atoms with Crippen molar-refractivity contribution in [1.82, 2.24) is 19.8 Å². The molecule has 25 heavy (non-hydrogen) atoms. The fraction of sp³-hybridized carbons (Fsp3) is 0.421. The Balaban J connectivity index is 1.65. The molecule has 1 aliphatic heterocycles. The SMILES string of the molecule is CCc1ncc(C(=O)N2CCN(Cc3ccccc3)C[C@@H]2CO)cn1. The number of aromatic nitrogens is 2. The lowest BCUT2D eigenvalue weighted by atomic mass is 10.1. The van der Waals surface area contributed by atoms with Crippen molar-refractivity contribution in [2.24, 2.45) is 0 Å². The standard InChI is InChI=1S/C19H24N4O2/c1-2-18-20-10-16(11-21-18)19(25)23-9-8-22(13-17(23)14-24)12-15-6-4-3-5-7-15/h3-7,10-11,17,24H,2,8-9,12-14H2,1H3/t17-/m1/s1. The Bertz CT molecular complexity index is 690. The van der Waals surface area contributed by atoms with E-state index in [9.17, 15) is 9.90 Å². The normalized spacial score (nSPS) is 18.3. The minimum absolute atomic E-state index is 0.0507. The lowest BCUT2D eigenvalue weighted by Crippen LogP contribution is -2.56. The second-order valence-electron chi connectivity index (χ2n) is 6.30. The average Bonchev–Trinajstić information content (AvgIpc) is 2.68. The highest BCUT2D eigenvalue weighted by Crippen LogP contribution is 2.16. The Morgan fingerprint density at radius 3 is 2.56 bits per heavy atom. The average molecular weight is 340 g/mol. The Labute approximate surface area is 148 Å². The maximum atomic E-state index is 12.7. The molecule has 0 radical (unpaired) electrons. The van der Waals surface area contributed by atoms with Crippen LogP contribution in [0.3, 0.4) is 0 Å². The first-order valence-electron chi connectivity index (χ1n) is 8.70. The van der Waals surface area contributed by atoms with Crippen LogP contribution in [0.5, 0.6) is 0 Å². The van der Waals surface area contributed by atoms with E-state index in [2.05, 4.69) is 27.0 Å². The van der Waals surface area contributed by atoms with Crippen LogP contribution < -0.4 is 0 Å². The summed E-state index contributed by atoms with van der Waals surface area (Å²) in [5, 5.41) is 9.77. The van der Waals surface area contributed by atoms with Crippen LogP contribution in [0.1, 0.15) is 28.7 Å². The minimum Gasteiger partial charge on any atom is -0.394 e. The van der Waals surface area contributed by atoms with Crippen molar-refractivity contribution >= 4 is 5.91 Å². The van der Waals surface area contributed by atoms with Gasteiger partial charge < -0.3 is 10.0 Å².